The van der Waals surface area contributed by atoms with Crippen LogP contribution in [0.25, 0.3) is 0 Å². The van der Waals surface area contributed by atoms with Crippen LogP contribution >= 0.6 is 11.8 Å². The van der Waals surface area contributed by atoms with E-state index in [0.29, 0.717) is 64.9 Å². The molecule has 0 spiro atoms. The molecule has 0 aromatic heterocycles. The highest BCUT2D eigenvalue weighted by molar-refractivity contribution is 8.02. The van der Waals surface area contributed by atoms with Crippen LogP contribution in [0.1, 0.15) is 94.9 Å². The lowest BCUT2D eigenvalue weighted by Crippen LogP contribution is -2.66. The zero-order chi connectivity index (χ0) is 53.9. The van der Waals surface area contributed by atoms with Gasteiger partial charge >= 0.3 is 54.7 Å². The van der Waals surface area contributed by atoms with E-state index < -0.39 is 64.2 Å². The smallest absolute Gasteiger partial charge is 0.394 e. The molecule has 71 heavy (non-hydrogen) atoms. The number of hydrogen-bond donors (Lipinski definition) is 0. The van der Waals surface area contributed by atoms with Gasteiger partial charge in [-0.05, 0) is 173 Å². The van der Waals surface area contributed by atoms with E-state index >= 15 is 0 Å². The van der Waals surface area contributed by atoms with Crippen molar-refractivity contribution in [2.75, 3.05) is 150 Å². The minimum atomic E-state index is -3.32. The van der Waals surface area contributed by atoms with Gasteiger partial charge in [0.25, 0.3) is 0 Å². The highest BCUT2D eigenvalue weighted by Gasteiger charge is 2.59. The van der Waals surface area contributed by atoms with Crippen molar-refractivity contribution >= 4 is 66.5 Å². The summed E-state index contributed by atoms with van der Waals surface area (Å²) in [4.78, 5) is 10.0. The van der Waals surface area contributed by atoms with Crippen LogP contribution in [0.15, 0.2) is 0 Å². The first-order valence-electron chi connectivity index (χ1n) is 26.2. The Hall–Kier alpha value is 0.931. The fourth-order valence-electron chi connectivity index (χ4n) is 9.64. The van der Waals surface area contributed by atoms with Crippen molar-refractivity contribution in [1.82, 2.24) is 19.6 Å². The molecule has 0 saturated carbocycles. The SMILES string of the molecule is CCO[Si](CCCN(C)C(N(C)CCC[Si](OCC)OCC)C(C)(C[Si](OC)(OC)OC)SC(C)(C[Si](OC)(OC)OC)C(N(C)CCC[Si](OCC)OCC)N(C)CCC[Si](OCC)OCC)OCC. The Balaban J connectivity index is 8.31. The van der Waals surface area contributed by atoms with Crippen molar-refractivity contribution in [2.45, 2.75) is 153 Å². The quantitative estimate of drug-likeness (QED) is 0.0448. The third-order valence-electron chi connectivity index (χ3n) is 12.2. The summed E-state index contributed by atoms with van der Waals surface area (Å²) in [6, 6.07) is 4.44. The Bertz CT molecular complexity index is 1090. The van der Waals surface area contributed by atoms with Crippen LogP contribution in [0.4, 0.5) is 0 Å². The second-order valence-electron chi connectivity index (χ2n) is 17.7. The first kappa shape index (κ1) is 71.9. The zero-order valence-electron chi connectivity index (χ0n) is 48.6. The molecule has 0 aliphatic rings. The van der Waals surface area contributed by atoms with E-state index in [0.717, 1.165) is 76.0 Å². The van der Waals surface area contributed by atoms with Crippen molar-refractivity contribution in [3.63, 3.8) is 0 Å². The molecular formula is C46H106N4O14SSi6. The molecule has 0 aromatic rings. The molecule has 2 atom stereocenters. The zero-order valence-corrected chi connectivity index (χ0v) is 55.4. The monoisotopic (exact) mass is 1140 g/mol. The van der Waals surface area contributed by atoms with E-state index in [4.69, 9.17) is 62.0 Å². The minimum absolute atomic E-state index is 0.158. The fraction of sp³-hybridized carbons (Fsp3) is 1.00. The lowest BCUT2D eigenvalue weighted by Gasteiger charge is -2.55. The van der Waals surface area contributed by atoms with Gasteiger partial charge in [0.2, 0.25) is 0 Å². The molecular weight excluding hydrogens is 1030 g/mol. The first-order valence-corrected chi connectivity index (χ1v) is 36.9. The maximum Gasteiger partial charge on any atom is 0.501 e. The van der Waals surface area contributed by atoms with E-state index in [9.17, 15) is 0 Å². The summed E-state index contributed by atoms with van der Waals surface area (Å²) < 4.78 is 86.1. The standard InChI is InChI=1S/C46H106N4O14SSi6/c1-21-57-66(58-22-2)37-29-33-47(11)43(48(12)34-30-38-67(59-23-3)60-24-4)45(9,41-70(51-15,52-16)53-17)65-46(10,42-71(54-18,55-19)56-20)44(49(13)35-31-39-68(61-25-5)62-26-6)50(14)36-32-40-69(63-27-7)64-28-8/h43-44H,21-42H2,1-20H3. The van der Waals surface area contributed by atoms with Crippen LogP contribution in [0.2, 0.25) is 36.3 Å². The van der Waals surface area contributed by atoms with Gasteiger partial charge < -0.3 is 62.0 Å². The van der Waals surface area contributed by atoms with Crippen molar-refractivity contribution in [3.8, 4) is 0 Å². The lowest BCUT2D eigenvalue weighted by molar-refractivity contribution is 0.0370. The van der Waals surface area contributed by atoms with Gasteiger partial charge in [0.05, 0.1) is 12.3 Å². The van der Waals surface area contributed by atoms with Crippen LogP contribution in [0.5, 0.6) is 0 Å². The predicted octanol–water partition coefficient (Wildman–Crippen LogP) is 7.18. The van der Waals surface area contributed by atoms with Gasteiger partial charge in [-0.2, -0.15) is 0 Å². The van der Waals surface area contributed by atoms with E-state index in [2.05, 4.69) is 61.6 Å². The van der Waals surface area contributed by atoms with Gasteiger partial charge in [-0.15, -0.1) is 11.8 Å². The van der Waals surface area contributed by atoms with Crippen LogP contribution < -0.4 is 0 Å². The summed E-state index contributed by atoms with van der Waals surface area (Å²) >= 11 is 1.94. The highest BCUT2D eigenvalue weighted by atomic mass is 32.2. The topological polar surface area (TPSA) is 142 Å². The minimum Gasteiger partial charge on any atom is -0.394 e. The van der Waals surface area contributed by atoms with E-state index in [-0.39, 0.29) is 12.3 Å². The number of nitrogens with zero attached hydrogens (tertiary/aromatic N) is 4. The van der Waals surface area contributed by atoms with Gasteiger partial charge in [-0.3, -0.25) is 19.6 Å². The maximum atomic E-state index is 6.40. The fourth-order valence-corrected chi connectivity index (χ4v) is 23.1. The number of hydrogen-bond acceptors (Lipinski definition) is 19. The summed E-state index contributed by atoms with van der Waals surface area (Å²) in [5, 5.41) is 0. The molecule has 4 radical (unpaired) electrons. The van der Waals surface area contributed by atoms with Gasteiger partial charge in [-0.25, -0.2) is 0 Å². The average Bonchev–Trinajstić information content (AvgIpc) is 3.33. The molecule has 0 fully saturated rings. The molecule has 0 heterocycles. The number of rotatable bonds is 50. The van der Waals surface area contributed by atoms with Crippen LogP contribution in [-0.2, 0) is 62.0 Å². The molecule has 2 unspecified atom stereocenters. The van der Waals surface area contributed by atoms with Crippen molar-refractivity contribution < 1.29 is 62.0 Å². The molecule has 424 valence electrons. The van der Waals surface area contributed by atoms with Crippen LogP contribution in [0.3, 0.4) is 0 Å². The van der Waals surface area contributed by atoms with E-state index in [1.165, 1.54) is 0 Å². The molecule has 18 nitrogen and oxygen atoms in total. The molecule has 0 aliphatic carbocycles. The van der Waals surface area contributed by atoms with Crippen molar-refractivity contribution in [1.29, 1.82) is 0 Å². The summed E-state index contributed by atoms with van der Waals surface area (Å²) in [6.07, 6.45) is 3.28. The van der Waals surface area contributed by atoms with Gasteiger partial charge in [-0.1, -0.05) is 0 Å². The number of thioether (sulfide) groups is 1. The van der Waals surface area contributed by atoms with Crippen LogP contribution in [-0.4, -0.2) is 246 Å². The summed E-state index contributed by atoms with van der Waals surface area (Å²) in [5.74, 6) is 0. The summed E-state index contributed by atoms with van der Waals surface area (Å²) in [5.41, 5.74) is 0. The Morgan fingerprint density at radius 1 is 0.366 bits per heavy atom. The molecule has 0 amide bonds. The normalized spacial score (nSPS) is 15.0. The Labute approximate surface area is 448 Å². The molecule has 0 rings (SSSR count). The third-order valence-corrected chi connectivity index (χ3v) is 28.4. The van der Waals surface area contributed by atoms with Gasteiger partial charge in [0.15, 0.2) is 0 Å². The Morgan fingerprint density at radius 3 is 0.704 bits per heavy atom. The molecule has 0 N–H and O–H groups in total. The van der Waals surface area contributed by atoms with Crippen molar-refractivity contribution in [2.24, 2.45) is 0 Å². The third kappa shape index (κ3) is 26.4. The van der Waals surface area contributed by atoms with E-state index in [1.807, 2.05) is 67.2 Å². The molecule has 0 aromatic carbocycles. The second kappa shape index (κ2) is 41.0. The molecule has 25 heteroatoms. The maximum absolute atomic E-state index is 6.40. The molecule has 0 bridgehead atoms. The predicted molar refractivity (Wildman–Crippen MR) is 299 cm³/mol. The Kier molecular flexibility index (Phi) is 41.6. The van der Waals surface area contributed by atoms with Gasteiger partial charge in [0, 0.05) is 117 Å². The highest BCUT2D eigenvalue weighted by Crippen LogP contribution is 2.52. The summed E-state index contributed by atoms with van der Waals surface area (Å²) in [7, 11) is 6.94. The van der Waals surface area contributed by atoms with Crippen molar-refractivity contribution in [3.05, 3.63) is 0 Å². The van der Waals surface area contributed by atoms with E-state index in [1.54, 1.807) is 42.7 Å². The lowest BCUT2D eigenvalue weighted by atomic mass is 10.1. The summed E-state index contributed by atoms with van der Waals surface area (Å²) in [6.45, 7) is 29.3. The van der Waals surface area contributed by atoms with Crippen LogP contribution in [0, 0.1) is 0 Å². The second-order valence-corrected chi connectivity index (χ2v) is 33.0. The largest absolute Gasteiger partial charge is 0.501 e. The average molecular weight is 1140 g/mol. The Morgan fingerprint density at radius 2 is 0.549 bits per heavy atom. The molecule has 0 saturated heterocycles. The van der Waals surface area contributed by atoms with Gasteiger partial charge in [0.1, 0.15) is 0 Å². The first-order chi connectivity index (χ1) is 33.9. The molecule has 0 aliphatic heterocycles.